The van der Waals surface area contributed by atoms with E-state index in [1.54, 1.807) is 37.6 Å². The summed E-state index contributed by atoms with van der Waals surface area (Å²) in [6, 6.07) is 18.0. The van der Waals surface area contributed by atoms with Crippen molar-refractivity contribution in [1.29, 1.82) is 0 Å². The first kappa shape index (κ1) is 19.4. The van der Waals surface area contributed by atoms with Crippen LogP contribution >= 0.6 is 0 Å². The topological polar surface area (TPSA) is 78.2 Å². The molecule has 2 heterocycles. The third kappa shape index (κ3) is 4.25. The van der Waals surface area contributed by atoms with Gasteiger partial charge in [-0.25, -0.2) is 0 Å². The number of rotatable bonds is 7. The fourth-order valence-corrected chi connectivity index (χ4v) is 3.24. The molecule has 7 nitrogen and oxygen atoms in total. The van der Waals surface area contributed by atoms with E-state index in [1.165, 1.54) is 16.7 Å². The predicted octanol–water partition coefficient (Wildman–Crippen LogP) is 3.02. The van der Waals surface area contributed by atoms with Gasteiger partial charge in [-0.3, -0.25) is 18.8 Å². The number of pyridine rings is 1. The molecule has 2 aromatic carbocycles. The molecule has 2 aromatic heterocycles. The van der Waals surface area contributed by atoms with E-state index in [-0.39, 0.29) is 11.5 Å². The number of carbonyl (C=O) groups is 1. The third-order valence-electron chi connectivity index (χ3n) is 4.83. The first-order valence-corrected chi connectivity index (χ1v) is 9.71. The molecule has 0 saturated carbocycles. The van der Waals surface area contributed by atoms with Crippen molar-refractivity contribution in [3.63, 3.8) is 0 Å². The monoisotopic (exact) mass is 402 g/mol. The molecule has 0 radical (unpaired) electrons. The predicted molar refractivity (Wildman–Crippen MR) is 115 cm³/mol. The van der Waals surface area contributed by atoms with Gasteiger partial charge in [0.15, 0.2) is 0 Å². The number of aromatic nitrogens is 3. The quantitative estimate of drug-likeness (QED) is 0.482. The van der Waals surface area contributed by atoms with E-state index in [0.717, 1.165) is 17.3 Å². The Bertz CT molecular complexity index is 1190. The van der Waals surface area contributed by atoms with E-state index in [4.69, 9.17) is 4.74 Å². The highest BCUT2D eigenvalue weighted by Gasteiger charge is 2.09. The molecule has 7 heteroatoms. The summed E-state index contributed by atoms with van der Waals surface area (Å²) in [5, 5.41) is 8.52. The zero-order valence-corrected chi connectivity index (χ0v) is 16.6. The maximum Gasteiger partial charge on any atom is 0.255 e. The van der Waals surface area contributed by atoms with Crippen LogP contribution in [0.5, 0.6) is 5.75 Å². The van der Waals surface area contributed by atoms with Crippen molar-refractivity contribution in [2.24, 2.45) is 0 Å². The Morgan fingerprint density at radius 1 is 1.03 bits per heavy atom. The lowest BCUT2D eigenvalue weighted by Crippen LogP contribution is -2.27. The summed E-state index contributed by atoms with van der Waals surface area (Å²) in [5.74, 6) is 0.480. The molecule has 30 heavy (non-hydrogen) atoms. The molecule has 0 unspecified atom stereocenters. The van der Waals surface area contributed by atoms with E-state index < -0.39 is 0 Å². The lowest BCUT2D eigenvalue weighted by molar-refractivity contribution is 0.0952. The summed E-state index contributed by atoms with van der Waals surface area (Å²) >= 11 is 0. The maximum atomic E-state index is 12.5. The summed E-state index contributed by atoms with van der Waals surface area (Å²) in [6.07, 6.45) is 4.31. The zero-order chi connectivity index (χ0) is 20.9. The molecule has 0 fully saturated rings. The van der Waals surface area contributed by atoms with Crippen LogP contribution in [-0.2, 0) is 6.54 Å². The number of hydrogen-bond acceptors (Lipinski definition) is 4. The van der Waals surface area contributed by atoms with Gasteiger partial charge in [-0.1, -0.05) is 18.2 Å². The fourth-order valence-electron chi connectivity index (χ4n) is 3.24. The summed E-state index contributed by atoms with van der Waals surface area (Å²) in [6.45, 7) is 1.22. The van der Waals surface area contributed by atoms with Gasteiger partial charge in [0.2, 0.25) is 0 Å². The number of carbonyl (C=O) groups excluding carboxylic acids is 1. The van der Waals surface area contributed by atoms with Crippen LogP contribution in [0.4, 0.5) is 0 Å². The minimum Gasteiger partial charge on any atom is -0.497 e. The first-order valence-electron chi connectivity index (χ1n) is 9.71. The number of aryl methyl sites for hydroxylation is 1. The number of nitrogens with one attached hydrogen (secondary N) is 1. The largest absolute Gasteiger partial charge is 0.497 e. The highest BCUT2D eigenvalue weighted by atomic mass is 16.5. The van der Waals surface area contributed by atoms with Crippen molar-refractivity contribution >= 4 is 16.8 Å². The Morgan fingerprint density at radius 3 is 2.60 bits per heavy atom. The van der Waals surface area contributed by atoms with Crippen molar-refractivity contribution < 1.29 is 9.53 Å². The number of methoxy groups -OCH3 is 1. The van der Waals surface area contributed by atoms with Crippen LogP contribution in [-0.4, -0.2) is 33.9 Å². The van der Waals surface area contributed by atoms with Crippen molar-refractivity contribution in [2.45, 2.75) is 13.0 Å². The van der Waals surface area contributed by atoms with Gasteiger partial charge in [-0.15, -0.1) is 0 Å². The van der Waals surface area contributed by atoms with E-state index in [0.29, 0.717) is 30.1 Å². The van der Waals surface area contributed by atoms with Gasteiger partial charge >= 0.3 is 0 Å². The molecule has 0 spiro atoms. The minimum absolute atomic E-state index is 0.206. The normalized spacial score (nSPS) is 10.8. The summed E-state index contributed by atoms with van der Waals surface area (Å²) in [5.41, 5.74) is 1.85. The summed E-state index contributed by atoms with van der Waals surface area (Å²) in [7, 11) is 1.58. The van der Waals surface area contributed by atoms with E-state index in [1.807, 2.05) is 35.1 Å². The lowest BCUT2D eigenvalue weighted by atomic mass is 10.2. The molecule has 4 aromatic rings. The molecule has 0 aliphatic heterocycles. The SMILES string of the molecule is COc1ccc(-n2cc(C(=O)NCCCn3cc4ccccc4n3)ccc2=O)cc1. The molecular weight excluding hydrogens is 380 g/mol. The molecule has 0 aliphatic carbocycles. The second-order valence-corrected chi connectivity index (χ2v) is 6.88. The summed E-state index contributed by atoms with van der Waals surface area (Å²) in [4.78, 5) is 24.8. The van der Waals surface area contributed by atoms with Crippen LogP contribution in [0, 0.1) is 0 Å². The highest BCUT2D eigenvalue weighted by Crippen LogP contribution is 2.14. The van der Waals surface area contributed by atoms with Crippen LogP contribution in [0.15, 0.2) is 77.9 Å². The summed E-state index contributed by atoms with van der Waals surface area (Å²) < 4.78 is 8.48. The number of amides is 1. The van der Waals surface area contributed by atoms with Crippen LogP contribution in [0.3, 0.4) is 0 Å². The van der Waals surface area contributed by atoms with E-state index in [2.05, 4.69) is 10.4 Å². The number of hydrogen-bond donors (Lipinski definition) is 1. The molecule has 1 amide bonds. The molecule has 0 bridgehead atoms. The van der Waals surface area contributed by atoms with Crippen LogP contribution in [0.2, 0.25) is 0 Å². The van der Waals surface area contributed by atoms with Crippen molar-refractivity contribution in [1.82, 2.24) is 19.7 Å². The first-order chi connectivity index (χ1) is 14.6. The van der Waals surface area contributed by atoms with E-state index in [9.17, 15) is 9.59 Å². The average Bonchev–Trinajstić information content (AvgIpc) is 3.20. The maximum absolute atomic E-state index is 12.5. The van der Waals surface area contributed by atoms with Gasteiger partial charge in [0.05, 0.1) is 18.2 Å². The zero-order valence-electron chi connectivity index (χ0n) is 16.6. The van der Waals surface area contributed by atoms with Gasteiger partial charge in [-0.2, -0.15) is 5.10 Å². The molecule has 4 rings (SSSR count). The minimum atomic E-state index is -0.220. The van der Waals surface area contributed by atoms with Crippen LogP contribution in [0.1, 0.15) is 16.8 Å². The van der Waals surface area contributed by atoms with Crippen molar-refractivity contribution in [3.05, 3.63) is 89.0 Å². The Hall–Kier alpha value is -3.87. The molecule has 0 aliphatic rings. The van der Waals surface area contributed by atoms with Crippen molar-refractivity contribution in [3.8, 4) is 11.4 Å². The molecule has 0 saturated heterocycles. The third-order valence-corrected chi connectivity index (χ3v) is 4.83. The molecule has 1 N–H and O–H groups in total. The number of fused-ring (bicyclic) bond motifs is 1. The average molecular weight is 402 g/mol. The number of nitrogens with zero attached hydrogens (tertiary/aromatic N) is 3. The second-order valence-electron chi connectivity index (χ2n) is 6.88. The van der Waals surface area contributed by atoms with Gasteiger partial charge < -0.3 is 10.1 Å². The molecular formula is C23H22N4O3. The highest BCUT2D eigenvalue weighted by molar-refractivity contribution is 5.93. The lowest BCUT2D eigenvalue weighted by Gasteiger charge is -2.10. The van der Waals surface area contributed by atoms with Crippen LogP contribution < -0.4 is 15.6 Å². The van der Waals surface area contributed by atoms with Gasteiger partial charge in [0.1, 0.15) is 5.75 Å². The Morgan fingerprint density at radius 2 is 1.83 bits per heavy atom. The Labute approximate surface area is 173 Å². The number of ether oxygens (including phenoxy) is 1. The number of benzene rings is 2. The molecule has 0 atom stereocenters. The smallest absolute Gasteiger partial charge is 0.255 e. The van der Waals surface area contributed by atoms with E-state index >= 15 is 0 Å². The Balaban J connectivity index is 1.37. The van der Waals surface area contributed by atoms with Gasteiger partial charge in [-0.05, 0) is 42.8 Å². The van der Waals surface area contributed by atoms with Crippen LogP contribution in [0.25, 0.3) is 16.6 Å². The van der Waals surface area contributed by atoms with Gasteiger partial charge in [0.25, 0.3) is 11.5 Å². The standard InChI is InChI=1S/C23H22N4O3/c1-30-20-10-8-19(9-11-20)27-16-18(7-12-22(27)28)23(29)24-13-4-14-26-15-17-5-2-3-6-21(17)25-26/h2-3,5-12,15-16H,4,13-14H2,1H3,(H,24,29). The Kier molecular flexibility index (Phi) is 5.61. The fraction of sp³-hybridized carbons (Fsp3) is 0.174. The molecule has 152 valence electrons. The van der Waals surface area contributed by atoms with Gasteiger partial charge in [0, 0.05) is 42.6 Å². The second kappa shape index (κ2) is 8.65. The van der Waals surface area contributed by atoms with Crippen molar-refractivity contribution in [2.75, 3.05) is 13.7 Å².